The van der Waals surface area contributed by atoms with Gasteiger partial charge >= 0.3 is 0 Å². The summed E-state index contributed by atoms with van der Waals surface area (Å²) in [7, 11) is 1.54. The van der Waals surface area contributed by atoms with E-state index in [1.165, 1.54) is 13.2 Å². The minimum absolute atomic E-state index is 0.299. The first kappa shape index (κ1) is 16.6. The summed E-state index contributed by atoms with van der Waals surface area (Å²) in [5.41, 5.74) is 3.56. The Kier molecular flexibility index (Phi) is 4.36. The molecule has 0 spiro atoms. The van der Waals surface area contributed by atoms with E-state index in [1.54, 1.807) is 35.5 Å². The van der Waals surface area contributed by atoms with Crippen molar-refractivity contribution in [2.75, 3.05) is 7.11 Å². The van der Waals surface area contributed by atoms with Crippen LogP contribution in [0.4, 0.5) is 4.39 Å². The number of benzene rings is 1. The van der Waals surface area contributed by atoms with Crippen LogP contribution in [0.15, 0.2) is 54.9 Å². The van der Waals surface area contributed by atoms with Gasteiger partial charge in [0.15, 0.2) is 0 Å². The number of hydrogen-bond donors (Lipinski definition) is 1. The lowest BCUT2D eigenvalue weighted by molar-refractivity contribution is 0.00695. The first-order valence-corrected chi connectivity index (χ1v) is 8.31. The van der Waals surface area contributed by atoms with Crippen molar-refractivity contribution in [2.45, 2.75) is 19.3 Å². The molecule has 0 fully saturated rings. The van der Waals surface area contributed by atoms with Gasteiger partial charge in [0.25, 0.3) is 0 Å². The second kappa shape index (κ2) is 6.82. The molecule has 0 saturated carbocycles. The van der Waals surface area contributed by atoms with Crippen molar-refractivity contribution in [3.8, 4) is 17.0 Å². The minimum Gasteiger partial charge on any atom is -0.481 e. The molecule has 2 aromatic heterocycles. The number of hydrogen-bond acceptors (Lipinski definition) is 5. The highest BCUT2D eigenvalue weighted by Gasteiger charge is 2.29. The van der Waals surface area contributed by atoms with Gasteiger partial charge < -0.3 is 9.84 Å². The summed E-state index contributed by atoms with van der Waals surface area (Å²) in [5.74, 6) is 0.126. The average Bonchev–Trinajstić information content (AvgIpc) is 2.99. The minimum atomic E-state index is -0.767. The van der Waals surface area contributed by atoms with Crippen LogP contribution in [0.3, 0.4) is 0 Å². The molecule has 3 aromatic rings. The molecule has 0 radical (unpaired) electrons. The number of pyridine rings is 2. The van der Waals surface area contributed by atoms with Crippen LogP contribution < -0.4 is 4.74 Å². The molecule has 0 saturated heterocycles. The van der Waals surface area contributed by atoms with Crippen molar-refractivity contribution in [1.82, 2.24) is 14.9 Å². The van der Waals surface area contributed by atoms with Gasteiger partial charge in [-0.05, 0) is 29.8 Å². The van der Waals surface area contributed by atoms with E-state index in [2.05, 4.69) is 9.97 Å². The first-order valence-electron chi connectivity index (χ1n) is 8.31. The van der Waals surface area contributed by atoms with E-state index < -0.39 is 6.23 Å². The molecule has 1 aliphatic heterocycles. The van der Waals surface area contributed by atoms with Gasteiger partial charge in [-0.2, -0.15) is 0 Å². The molecule has 4 rings (SSSR count). The molecular formula is C20H18FN3O2. The van der Waals surface area contributed by atoms with Crippen LogP contribution in [0.1, 0.15) is 23.0 Å². The largest absolute Gasteiger partial charge is 0.481 e. The predicted octanol–water partition coefficient (Wildman–Crippen LogP) is 3.30. The fourth-order valence-corrected chi connectivity index (χ4v) is 3.27. The van der Waals surface area contributed by atoms with Crippen LogP contribution in [0, 0.1) is 5.82 Å². The number of nitrogens with zero attached hydrogens (tertiary/aromatic N) is 3. The Morgan fingerprint density at radius 1 is 1.19 bits per heavy atom. The molecule has 132 valence electrons. The molecule has 0 amide bonds. The van der Waals surface area contributed by atoms with Crippen LogP contribution in [0.2, 0.25) is 0 Å². The Labute approximate surface area is 150 Å². The highest BCUT2D eigenvalue weighted by Crippen LogP contribution is 2.33. The van der Waals surface area contributed by atoms with Gasteiger partial charge in [-0.1, -0.05) is 18.2 Å². The monoisotopic (exact) mass is 351 g/mol. The van der Waals surface area contributed by atoms with Gasteiger partial charge in [-0.25, -0.2) is 9.37 Å². The highest BCUT2D eigenvalue weighted by atomic mass is 19.1. The summed E-state index contributed by atoms with van der Waals surface area (Å²) in [6.45, 7) is 0.794. The number of fused-ring (bicyclic) bond motifs is 1. The number of aliphatic hydroxyl groups is 1. The van der Waals surface area contributed by atoms with Crippen molar-refractivity contribution in [2.24, 2.45) is 0 Å². The Morgan fingerprint density at radius 2 is 2.00 bits per heavy atom. The third kappa shape index (κ3) is 2.94. The number of aliphatic hydroxyl groups excluding tert-OH is 1. The van der Waals surface area contributed by atoms with Crippen molar-refractivity contribution >= 4 is 0 Å². The van der Waals surface area contributed by atoms with Gasteiger partial charge in [-0.3, -0.25) is 9.88 Å². The smallest absolute Gasteiger partial charge is 0.221 e. The van der Waals surface area contributed by atoms with Crippen molar-refractivity contribution < 1.29 is 14.2 Å². The molecule has 3 heterocycles. The van der Waals surface area contributed by atoms with Gasteiger partial charge in [-0.15, -0.1) is 0 Å². The molecule has 1 N–H and O–H groups in total. The third-order valence-corrected chi connectivity index (χ3v) is 4.60. The van der Waals surface area contributed by atoms with Crippen molar-refractivity contribution in [3.05, 3.63) is 77.5 Å². The average molecular weight is 351 g/mol. The molecule has 1 aliphatic rings. The second-order valence-electron chi connectivity index (χ2n) is 6.18. The maximum atomic E-state index is 14.7. The second-order valence-corrected chi connectivity index (χ2v) is 6.18. The number of methoxy groups -OCH3 is 1. The Bertz CT molecular complexity index is 948. The van der Waals surface area contributed by atoms with E-state index in [4.69, 9.17) is 4.74 Å². The summed E-state index contributed by atoms with van der Waals surface area (Å²) >= 11 is 0. The van der Waals surface area contributed by atoms with E-state index in [1.807, 2.05) is 18.2 Å². The van der Waals surface area contributed by atoms with Crippen LogP contribution in [-0.4, -0.2) is 27.1 Å². The molecule has 1 atom stereocenters. The van der Waals surface area contributed by atoms with Crippen molar-refractivity contribution in [1.29, 1.82) is 0 Å². The molecule has 5 nitrogen and oxygen atoms in total. The number of halogens is 1. The first-order chi connectivity index (χ1) is 12.7. The molecule has 1 unspecified atom stereocenters. The van der Waals surface area contributed by atoms with E-state index in [0.29, 0.717) is 30.1 Å². The lowest BCUT2D eigenvalue weighted by Crippen LogP contribution is -2.22. The lowest BCUT2D eigenvalue weighted by atomic mass is 10.0. The fourth-order valence-electron chi connectivity index (χ4n) is 3.27. The molecular weight excluding hydrogens is 333 g/mol. The third-order valence-electron chi connectivity index (χ3n) is 4.60. The van der Waals surface area contributed by atoms with Gasteiger partial charge in [0.1, 0.15) is 12.0 Å². The summed E-state index contributed by atoms with van der Waals surface area (Å²) in [6.07, 6.45) is 2.57. The van der Waals surface area contributed by atoms with E-state index >= 15 is 0 Å². The Hall–Kier alpha value is -2.83. The van der Waals surface area contributed by atoms with Crippen LogP contribution in [0.5, 0.6) is 5.88 Å². The summed E-state index contributed by atoms with van der Waals surface area (Å²) in [5, 5.41) is 10.4. The summed E-state index contributed by atoms with van der Waals surface area (Å²) in [4.78, 5) is 10.2. The zero-order valence-electron chi connectivity index (χ0n) is 14.3. The van der Waals surface area contributed by atoms with E-state index in [0.717, 1.165) is 16.8 Å². The standard InChI is InChI=1S/C20H18FN3O2/c1-26-19-15(4-2-9-23-19)13-6-7-14(17(21)10-13)11-24-12-18-16(20(24)25)5-3-8-22-18/h2-10,20,25H,11-12H2,1H3. The van der Waals surface area contributed by atoms with E-state index in [-0.39, 0.29) is 5.82 Å². The maximum absolute atomic E-state index is 14.7. The van der Waals surface area contributed by atoms with Crippen LogP contribution in [0.25, 0.3) is 11.1 Å². The molecule has 26 heavy (non-hydrogen) atoms. The van der Waals surface area contributed by atoms with Gasteiger partial charge in [0.05, 0.1) is 12.8 Å². The summed E-state index contributed by atoms with van der Waals surface area (Å²) < 4.78 is 19.9. The predicted molar refractivity (Wildman–Crippen MR) is 94.6 cm³/mol. The topological polar surface area (TPSA) is 58.5 Å². The van der Waals surface area contributed by atoms with E-state index in [9.17, 15) is 9.50 Å². The normalized spacial score (nSPS) is 16.5. The number of rotatable bonds is 4. The van der Waals surface area contributed by atoms with Gasteiger partial charge in [0, 0.05) is 42.2 Å². The Balaban J connectivity index is 1.58. The van der Waals surface area contributed by atoms with Crippen molar-refractivity contribution in [3.63, 3.8) is 0 Å². The van der Waals surface area contributed by atoms with Crippen LogP contribution in [-0.2, 0) is 13.1 Å². The molecule has 6 heteroatoms. The lowest BCUT2D eigenvalue weighted by Gasteiger charge is -2.20. The Morgan fingerprint density at radius 3 is 2.77 bits per heavy atom. The quantitative estimate of drug-likeness (QED) is 0.782. The highest BCUT2D eigenvalue weighted by molar-refractivity contribution is 5.68. The summed E-state index contributed by atoms with van der Waals surface area (Å²) in [6, 6.07) is 12.3. The zero-order valence-corrected chi connectivity index (χ0v) is 14.3. The zero-order chi connectivity index (χ0) is 18.1. The molecule has 1 aromatic carbocycles. The fraction of sp³-hybridized carbons (Fsp3) is 0.200. The van der Waals surface area contributed by atoms with Crippen LogP contribution >= 0.6 is 0 Å². The number of ether oxygens (including phenoxy) is 1. The van der Waals surface area contributed by atoms with Gasteiger partial charge in [0.2, 0.25) is 5.88 Å². The number of aromatic nitrogens is 2. The molecule has 0 bridgehead atoms. The SMILES string of the molecule is COc1ncccc1-c1ccc(CN2Cc3ncccc3C2O)c(F)c1. The maximum Gasteiger partial charge on any atom is 0.221 e. The molecule has 0 aliphatic carbocycles.